The Balaban J connectivity index is 1.99. The average molecular weight is 298 g/mol. The minimum atomic E-state index is -0.276. The van der Waals surface area contributed by atoms with E-state index >= 15 is 0 Å². The largest absolute Gasteiger partial charge is 0.352 e. The van der Waals surface area contributed by atoms with E-state index in [1.54, 1.807) is 12.4 Å². The Bertz CT molecular complexity index is 644. The van der Waals surface area contributed by atoms with Crippen LogP contribution >= 0.6 is 0 Å². The summed E-state index contributed by atoms with van der Waals surface area (Å²) in [5.74, 6) is -0.502. The number of pyridine rings is 2. The molecule has 0 spiro atoms. The van der Waals surface area contributed by atoms with Crippen LogP contribution in [0.5, 0.6) is 0 Å². The molecule has 0 aliphatic rings. The fourth-order valence-corrected chi connectivity index (χ4v) is 1.82. The highest BCUT2D eigenvalue weighted by molar-refractivity contribution is 5.99. The molecule has 2 aromatic rings. The Kier molecular flexibility index (Phi) is 5.59. The van der Waals surface area contributed by atoms with Crippen LogP contribution in [0.15, 0.2) is 43.0 Å². The average Bonchev–Trinajstić information content (AvgIpc) is 2.58. The van der Waals surface area contributed by atoms with Crippen molar-refractivity contribution in [3.05, 3.63) is 59.7 Å². The number of amides is 2. The van der Waals surface area contributed by atoms with Gasteiger partial charge in [0, 0.05) is 37.9 Å². The van der Waals surface area contributed by atoms with Gasteiger partial charge in [0.2, 0.25) is 0 Å². The molecule has 6 heteroatoms. The van der Waals surface area contributed by atoms with Gasteiger partial charge in [-0.3, -0.25) is 19.6 Å². The molecule has 0 unspecified atom stereocenters. The summed E-state index contributed by atoms with van der Waals surface area (Å²) in [6, 6.07) is 5.22. The molecular formula is C16H18N4O2. The van der Waals surface area contributed by atoms with Crippen molar-refractivity contribution in [3.63, 3.8) is 0 Å². The Morgan fingerprint density at radius 3 is 2.41 bits per heavy atom. The zero-order valence-electron chi connectivity index (χ0n) is 12.4. The molecule has 0 aliphatic heterocycles. The number of rotatable bonds is 6. The minimum absolute atomic E-state index is 0.226. The van der Waals surface area contributed by atoms with Crippen molar-refractivity contribution in [2.45, 2.75) is 19.9 Å². The van der Waals surface area contributed by atoms with E-state index in [0.717, 1.165) is 12.0 Å². The van der Waals surface area contributed by atoms with Gasteiger partial charge in [-0.2, -0.15) is 0 Å². The van der Waals surface area contributed by atoms with Crippen LogP contribution in [-0.4, -0.2) is 28.3 Å². The first-order valence-corrected chi connectivity index (χ1v) is 7.11. The third-order valence-electron chi connectivity index (χ3n) is 2.97. The first-order chi connectivity index (χ1) is 10.7. The van der Waals surface area contributed by atoms with E-state index in [-0.39, 0.29) is 11.8 Å². The molecule has 0 atom stereocenters. The summed E-state index contributed by atoms with van der Waals surface area (Å²) in [6.45, 7) is 2.94. The summed E-state index contributed by atoms with van der Waals surface area (Å²) < 4.78 is 0. The second kappa shape index (κ2) is 7.87. The number of nitrogens with zero attached hydrogens (tertiary/aromatic N) is 2. The van der Waals surface area contributed by atoms with Crippen LogP contribution in [0.1, 0.15) is 39.6 Å². The topological polar surface area (TPSA) is 84.0 Å². The number of hydrogen-bond acceptors (Lipinski definition) is 4. The lowest BCUT2D eigenvalue weighted by atomic mass is 10.2. The predicted molar refractivity (Wildman–Crippen MR) is 82.3 cm³/mol. The predicted octanol–water partition coefficient (Wildman–Crippen LogP) is 1.55. The van der Waals surface area contributed by atoms with Gasteiger partial charge in [0.15, 0.2) is 0 Å². The summed E-state index contributed by atoms with van der Waals surface area (Å²) in [4.78, 5) is 31.9. The van der Waals surface area contributed by atoms with E-state index in [2.05, 4.69) is 20.6 Å². The Hall–Kier alpha value is -2.76. The third-order valence-corrected chi connectivity index (χ3v) is 2.97. The summed E-state index contributed by atoms with van der Waals surface area (Å²) in [7, 11) is 0. The number of carbonyl (C=O) groups is 2. The van der Waals surface area contributed by atoms with Crippen LogP contribution in [0.2, 0.25) is 0 Å². The molecule has 2 rings (SSSR count). The molecule has 2 N–H and O–H groups in total. The van der Waals surface area contributed by atoms with Gasteiger partial charge in [-0.25, -0.2) is 0 Å². The molecule has 2 heterocycles. The van der Waals surface area contributed by atoms with E-state index in [0.29, 0.717) is 24.2 Å². The van der Waals surface area contributed by atoms with Gasteiger partial charge in [0.1, 0.15) is 0 Å². The summed E-state index contributed by atoms with van der Waals surface area (Å²) in [6.07, 6.45) is 7.10. The molecule has 0 saturated carbocycles. The van der Waals surface area contributed by atoms with Crippen molar-refractivity contribution in [1.29, 1.82) is 0 Å². The standard InChI is InChI=1S/C16H18N4O2/c1-2-5-19-15(21)13-7-14(11-18-10-13)16(22)20-9-12-4-3-6-17-8-12/h3-4,6-8,10-11H,2,5,9H2,1H3,(H,19,21)(H,20,22). The fourth-order valence-electron chi connectivity index (χ4n) is 1.82. The normalized spacial score (nSPS) is 10.0. The van der Waals surface area contributed by atoms with Gasteiger partial charge < -0.3 is 10.6 Å². The number of nitrogens with one attached hydrogen (secondary N) is 2. The van der Waals surface area contributed by atoms with Crippen molar-refractivity contribution < 1.29 is 9.59 Å². The van der Waals surface area contributed by atoms with Gasteiger partial charge in [-0.1, -0.05) is 13.0 Å². The Morgan fingerprint density at radius 2 is 1.77 bits per heavy atom. The molecule has 114 valence electrons. The summed E-state index contributed by atoms with van der Waals surface area (Å²) in [5.41, 5.74) is 1.64. The molecule has 22 heavy (non-hydrogen) atoms. The molecular weight excluding hydrogens is 280 g/mol. The van der Waals surface area contributed by atoms with Crippen molar-refractivity contribution in [3.8, 4) is 0 Å². The van der Waals surface area contributed by atoms with Crippen LogP contribution in [0.25, 0.3) is 0 Å². The fraction of sp³-hybridized carbons (Fsp3) is 0.250. The molecule has 0 saturated heterocycles. The van der Waals surface area contributed by atoms with Crippen LogP contribution in [-0.2, 0) is 6.54 Å². The molecule has 0 aromatic carbocycles. The summed E-state index contributed by atoms with van der Waals surface area (Å²) >= 11 is 0. The molecule has 2 amide bonds. The van der Waals surface area contributed by atoms with Gasteiger partial charge >= 0.3 is 0 Å². The highest BCUT2D eigenvalue weighted by Crippen LogP contribution is 2.04. The lowest BCUT2D eigenvalue weighted by Gasteiger charge is -2.07. The van der Waals surface area contributed by atoms with Crippen LogP contribution < -0.4 is 10.6 Å². The van der Waals surface area contributed by atoms with Crippen molar-refractivity contribution in [2.24, 2.45) is 0 Å². The highest BCUT2D eigenvalue weighted by atomic mass is 16.2. The zero-order valence-corrected chi connectivity index (χ0v) is 12.4. The smallest absolute Gasteiger partial charge is 0.253 e. The molecule has 0 bridgehead atoms. The van der Waals surface area contributed by atoms with Crippen molar-refractivity contribution >= 4 is 11.8 Å². The maximum Gasteiger partial charge on any atom is 0.253 e. The van der Waals surface area contributed by atoms with Gasteiger partial charge in [-0.05, 0) is 24.1 Å². The first kappa shape index (κ1) is 15.6. The quantitative estimate of drug-likeness (QED) is 0.847. The SMILES string of the molecule is CCCNC(=O)c1cncc(C(=O)NCc2cccnc2)c1. The van der Waals surface area contributed by atoms with Gasteiger partial charge in [0.05, 0.1) is 11.1 Å². The van der Waals surface area contributed by atoms with Crippen LogP contribution in [0.3, 0.4) is 0 Å². The number of carbonyl (C=O) groups excluding carboxylic acids is 2. The lowest BCUT2D eigenvalue weighted by Crippen LogP contribution is -2.26. The lowest BCUT2D eigenvalue weighted by molar-refractivity contribution is 0.0950. The Labute approximate surface area is 129 Å². The highest BCUT2D eigenvalue weighted by Gasteiger charge is 2.10. The maximum absolute atomic E-state index is 12.1. The molecule has 0 radical (unpaired) electrons. The van der Waals surface area contributed by atoms with Gasteiger partial charge in [0.25, 0.3) is 11.8 Å². The van der Waals surface area contributed by atoms with Crippen molar-refractivity contribution in [2.75, 3.05) is 6.54 Å². The Morgan fingerprint density at radius 1 is 1.05 bits per heavy atom. The van der Waals surface area contributed by atoms with E-state index in [4.69, 9.17) is 0 Å². The second-order valence-electron chi connectivity index (χ2n) is 4.76. The van der Waals surface area contributed by atoms with E-state index in [1.165, 1.54) is 18.5 Å². The second-order valence-corrected chi connectivity index (χ2v) is 4.76. The maximum atomic E-state index is 12.1. The third kappa shape index (κ3) is 4.37. The van der Waals surface area contributed by atoms with E-state index in [9.17, 15) is 9.59 Å². The van der Waals surface area contributed by atoms with Crippen LogP contribution in [0, 0.1) is 0 Å². The van der Waals surface area contributed by atoms with Crippen LogP contribution in [0.4, 0.5) is 0 Å². The molecule has 2 aromatic heterocycles. The van der Waals surface area contributed by atoms with E-state index in [1.807, 2.05) is 19.1 Å². The molecule has 6 nitrogen and oxygen atoms in total. The van der Waals surface area contributed by atoms with Gasteiger partial charge in [-0.15, -0.1) is 0 Å². The molecule has 0 aliphatic carbocycles. The summed E-state index contributed by atoms with van der Waals surface area (Å²) in [5, 5.41) is 5.53. The number of aromatic nitrogens is 2. The van der Waals surface area contributed by atoms with Crippen molar-refractivity contribution in [1.82, 2.24) is 20.6 Å². The van der Waals surface area contributed by atoms with E-state index < -0.39 is 0 Å². The minimum Gasteiger partial charge on any atom is -0.352 e. The number of hydrogen-bond donors (Lipinski definition) is 2. The first-order valence-electron chi connectivity index (χ1n) is 7.11. The monoisotopic (exact) mass is 298 g/mol. The zero-order chi connectivity index (χ0) is 15.8. The molecule has 0 fully saturated rings.